The number of aromatic nitrogens is 1. The summed E-state index contributed by atoms with van der Waals surface area (Å²) in [6, 6.07) is 2.75. The molecule has 0 fully saturated rings. The smallest absolute Gasteiger partial charge is 0.338 e. The van der Waals surface area contributed by atoms with E-state index in [0.717, 1.165) is 0 Å². The minimum Gasteiger partial charge on any atom is -0.478 e. The Morgan fingerprint density at radius 2 is 2.25 bits per heavy atom. The van der Waals surface area contributed by atoms with E-state index in [4.69, 9.17) is 16.7 Å². The molecule has 5 nitrogen and oxygen atoms in total. The monoisotopic (exact) mass is 240 g/mol. The molecule has 0 aromatic carbocycles. The van der Waals surface area contributed by atoms with Gasteiger partial charge in [-0.25, -0.2) is 4.79 Å². The topological polar surface area (TPSA) is 79.3 Å². The van der Waals surface area contributed by atoms with Crippen LogP contribution in [0.2, 0.25) is 0 Å². The van der Waals surface area contributed by atoms with Gasteiger partial charge in [-0.3, -0.25) is 9.78 Å². The fourth-order valence-corrected chi connectivity index (χ4v) is 1.09. The van der Waals surface area contributed by atoms with Crippen LogP contribution in [0, 0.1) is 0 Å². The first kappa shape index (κ1) is 12.2. The van der Waals surface area contributed by atoms with Gasteiger partial charge < -0.3 is 10.4 Å². The largest absolute Gasteiger partial charge is 0.478 e. The molecule has 1 rings (SSSR count). The lowest BCUT2D eigenvalue weighted by molar-refractivity contribution is 0.0690. The summed E-state index contributed by atoms with van der Waals surface area (Å²) in [4.78, 5) is 26.1. The molecule has 2 N–H and O–H groups in total. The average molecular weight is 241 g/mol. The third-order valence-corrected chi connectivity index (χ3v) is 1.83. The molecular weight excluding hydrogens is 232 g/mol. The van der Waals surface area contributed by atoms with Crippen molar-refractivity contribution >= 4 is 23.5 Å². The maximum Gasteiger partial charge on any atom is 0.338 e. The SMILES string of the molecule is C=C(Cl)CNC(=O)c1ncccc1C(=O)O. The van der Waals surface area contributed by atoms with Crippen molar-refractivity contribution in [2.24, 2.45) is 0 Å². The first-order chi connectivity index (χ1) is 7.52. The number of nitrogens with one attached hydrogen (secondary N) is 1. The number of amides is 1. The van der Waals surface area contributed by atoms with E-state index in [9.17, 15) is 9.59 Å². The number of pyridine rings is 1. The molecule has 0 aliphatic carbocycles. The summed E-state index contributed by atoms with van der Waals surface area (Å²) < 4.78 is 0. The van der Waals surface area contributed by atoms with Crippen LogP contribution in [0.4, 0.5) is 0 Å². The predicted molar refractivity (Wildman–Crippen MR) is 58.5 cm³/mol. The van der Waals surface area contributed by atoms with Crippen LogP contribution in [0.15, 0.2) is 29.9 Å². The van der Waals surface area contributed by atoms with Gasteiger partial charge in [0.1, 0.15) is 5.69 Å². The van der Waals surface area contributed by atoms with Crippen LogP contribution in [0.25, 0.3) is 0 Å². The van der Waals surface area contributed by atoms with Gasteiger partial charge in [-0.05, 0) is 12.1 Å². The van der Waals surface area contributed by atoms with Crippen LogP contribution in [-0.4, -0.2) is 28.5 Å². The Labute approximate surface area is 96.8 Å². The van der Waals surface area contributed by atoms with Crippen LogP contribution in [0.1, 0.15) is 20.8 Å². The lowest BCUT2D eigenvalue weighted by atomic mass is 10.2. The molecular formula is C10H9ClN2O3. The minimum absolute atomic E-state index is 0.0655. The van der Waals surface area contributed by atoms with Gasteiger partial charge in [0.15, 0.2) is 0 Å². The van der Waals surface area contributed by atoms with Gasteiger partial charge in [0.25, 0.3) is 5.91 Å². The molecule has 0 aliphatic heterocycles. The summed E-state index contributed by atoms with van der Waals surface area (Å²) in [6.07, 6.45) is 1.34. The Bertz CT molecular complexity index is 445. The molecule has 1 heterocycles. The molecule has 0 saturated carbocycles. The number of rotatable bonds is 4. The number of hydrogen-bond acceptors (Lipinski definition) is 3. The highest BCUT2D eigenvalue weighted by molar-refractivity contribution is 6.29. The van der Waals surface area contributed by atoms with E-state index in [2.05, 4.69) is 16.9 Å². The zero-order chi connectivity index (χ0) is 12.1. The third-order valence-electron chi connectivity index (χ3n) is 1.69. The zero-order valence-electron chi connectivity index (χ0n) is 8.24. The zero-order valence-corrected chi connectivity index (χ0v) is 8.99. The molecule has 1 amide bonds. The molecule has 1 aromatic rings. The van der Waals surface area contributed by atoms with Gasteiger partial charge in [0.05, 0.1) is 12.1 Å². The number of halogens is 1. The number of carboxylic acid groups (broad SMARTS) is 1. The number of hydrogen-bond donors (Lipinski definition) is 2. The Morgan fingerprint density at radius 3 is 2.81 bits per heavy atom. The Morgan fingerprint density at radius 1 is 1.56 bits per heavy atom. The minimum atomic E-state index is -1.21. The van der Waals surface area contributed by atoms with Gasteiger partial charge >= 0.3 is 5.97 Å². The lowest BCUT2D eigenvalue weighted by Gasteiger charge is -2.05. The van der Waals surface area contributed by atoms with E-state index in [-0.39, 0.29) is 22.8 Å². The van der Waals surface area contributed by atoms with Crippen molar-refractivity contribution in [1.29, 1.82) is 0 Å². The quantitative estimate of drug-likeness (QED) is 0.831. The van der Waals surface area contributed by atoms with E-state index in [0.29, 0.717) is 0 Å². The summed E-state index contributed by atoms with van der Waals surface area (Å²) >= 11 is 5.47. The molecule has 0 spiro atoms. The standard InChI is InChI=1S/C10H9ClN2O3/c1-6(11)5-13-9(14)8-7(10(15)16)3-2-4-12-8/h2-4H,1,5H2,(H,13,14)(H,15,16). The molecule has 84 valence electrons. The maximum atomic E-state index is 11.5. The normalized spacial score (nSPS) is 9.56. The number of aromatic carboxylic acids is 1. The van der Waals surface area contributed by atoms with Gasteiger partial charge in [0, 0.05) is 11.2 Å². The summed E-state index contributed by atoms with van der Waals surface area (Å²) in [7, 11) is 0. The summed E-state index contributed by atoms with van der Waals surface area (Å²) in [5.74, 6) is -1.80. The van der Waals surface area contributed by atoms with Gasteiger partial charge in [-0.1, -0.05) is 18.2 Å². The van der Waals surface area contributed by atoms with Crippen molar-refractivity contribution < 1.29 is 14.7 Å². The fraction of sp³-hybridized carbons (Fsp3) is 0.100. The molecule has 16 heavy (non-hydrogen) atoms. The van der Waals surface area contributed by atoms with Gasteiger partial charge in [0.2, 0.25) is 0 Å². The second kappa shape index (κ2) is 5.27. The number of nitrogens with zero attached hydrogens (tertiary/aromatic N) is 1. The van der Waals surface area contributed by atoms with E-state index >= 15 is 0 Å². The van der Waals surface area contributed by atoms with Crippen LogP contribution < -0.4 is 5.32 Å². The second-order valence-electron chi connectivity index (χ2n) is 2.90. The highest BCUT2D eigenvalue weighted by Crippen LogP contribution is 2.05. The van der Waals surface area contributed by atoms with E-state index in [1.165, 1.54) is 18.3 Å². The second-order valence-corrected chi connectivity index (χ2v) is 3.44. The fourth-order valence-electron chi connectivity index (χ4n) is 1.02. The highest BCUT2D eigenvalue weighted by atomic mass is 35.5. The average Bonchev–Trinajstić information content (AvgIpc) is 2.25. The van der Waals surface area contributed by atoms with Gasteiger partial charge in [-0.15, -0.1) is 0 Å². The van der Waals surface area contributed by atoms with Crippen molar-refractivity contribution in [2.45, 2.75) is 0 Å². The predicted octanol–water partition coefficient (Wildman–Crippen LogP) is 1.26. The summed E-state index contributed by atoms with van der Waals surface area (Å²) in [5.41, 5.74) is -0.298. The number of carboxylic acids is 1. The van der Waals surface area contributed by atoms with Crippen molar-refractivity contribution in [1.82, 2.24) is 10.3 Å². The molecule has 0 atom stereocenters. The van der Waals surface area contributed by atoms with Crippen molar-refractivity contribution in [3.63, 3.8) is 0 Å². The van der Waals surface area contributed by atoms with E-state index in [1.807, 2.05) is 0 Å². The van der Waals surface area contributed by atoms with Crippen molar-refractivity contribution in [3.8, 4) is 0 Å². The van der Waals surface area contributed by atoms with Crippen LogP contribution in [-0.2, 0) is 0 Å². The Kier molecular flexibility index (Phi) is 4.02. The highest BCUT2D eigenvalue weighted by Gasteiger charge is 2.16. The van der Waals surface area contributed by atoms with Gasteiger partial charge in [-0.2, -0.15) is 0 Å². The van der Waals surface area contributed by atoms with Crippen LogP contribution in [0.3, 0.4) is 0 Å². The molecule has 0 aliphatic rings. The molecule has 0 bridgehead atoms. The molecule has 6 heteroatoms. The number of carbonyl (C=O) groups is 2. The Hall–Kier alpha value is -1.88. The summed E-state index contributed by atoms with van der Waals surface area (Å²) in [6.45, 7) is 3.46. The lowest BCUT2D eigenvalue weighted by Crippen LogP contribution is -2.27. The molecule has 0 saturated heterocycles. The van der Waals surface area contributed by atoms with E-state index in [1.54, 1.807) is 0 Å². The van der Waals surface area contributed by atoms with Crippen LogP contribution in [0.5, 0.6) is 0 Å². The first-order valence-electron chi connectivity index (χ1n) is 4.32. The van der Waals surface area contributed by atoms with Crippen LogP contribution >= 0.6 is 11.6 Å². The Balaban J connectivity index is 2.90. The first-order valence-corrected chi connectivity index (χ1v) is 4.70. The van der Waals surface area contributed by atoms with Crippen molar-refractivity contribution in [2.75, 3.05) is 6.54 Å². The summed E-state index contributed by atoms with van der Waals surface area (Å²) in [5, 5.41) is 11.5. The molecule has 0 unspecified atom stereocenters. The molecule has 1 aromatic heterocycles. The maximum absolute atomic E-state index is 11.5. The number of carbonyl (C=O) groups excluding carboxylic acids is 1. The van der Waals surface area contributed by atoms with E-state index < -0.39 is 11.9 Å². The third kappa shape index (κ3) is 3.06. The van der Waals surface area contributed by atoms with Crippen molar-refractivity contribution in [3.05, 3.63) is 41.2 Å². The molecule has 0 radical (unpaired) electrons.